The van der Waals surface area contributed by atoms with Crippen LogP contribution in [0.25, 0.3) is 0 Å². The summed E-state index contributed by atoms with van der Waals surface area (Å²) in [5.41, 5.74) is 1.98. The number of rotatable bonds is 15. The van der Waals surface area contributed by atoms with Gasteiger partial charge in [-0.2, -0.15) is 0 Å². The Morgan fingerprint density at radius 2 is 1.48 bits per heavy atom. The minimum Gasteiger partial charge on any atom is -0.484 e. The fourth-order valence-electron chi connectivity index (χ4n) is 5.29. The van der Waals surface area contributed by atoms with Crippen LogP contribution in [0.3, 0.4) is 0 Å². The van der Waals surface area contributed by atoms with E-state index >= 15 is 0 Å². The van der Waals surface area contributed by atoms with Crippen LogP contribution in [0, 0.1) is 5.82 Å². The third-order valence-electron chi connectivity index (χ3n) is 7.89. The highest BCUT2D eigenvalue weighted by molar-refractivity contribution is 7.92. The van der Waals surface area contributed by atoms with Gasteiger partial charge in [0.25, 0.3) is 15.9 Å². The topological polar surface area (TPSA) is 117 Å². The number of sulfonamides is 1. The molecular formula is C36H39FN4O6S. The molecule has 252 valence electrons. The first-order chi connectivity index (χ1) is 23.3. The van der Waals surface area contributed by atoms with Crippen molar-refractivity contribution in [3.63, 3.8) is 0 Å². The first-order valence-corrected chi connectivity index (χ1v) is 17.2. The van der Waals surface area contributed by atoms with Crippen LogP contribution >= 0.6 is 0 Å². The monoisotopic (exact) mass is 674 g/mol. The van der Waals surface area contributed by atoms with Crippen molar-refractivity contribution in [2.24, 2.45) is 0 Å². The minimum atomic E-state index is -3.94. The van der Waals surface area contributed by atoms with Gasteiger partial charge in [-0.05, 0) is 59.7 Å². The SMILES string of the molecule is O=C(NCCN1CCOCC1)C(Cc1ccccc1)N(Cc1ccccc1)C(=O)COc1ccc(S(=O)(=O)Nc2ccc(F)cc2)cc1. The van der Waals surface area contributed by atoms with Crippen LogP contribution in [-0.4, -0.2) is 82.1 Å². The average molecular weight is 675 g/mol. The van der Waals surface area contributed by atoms with Crippen LogP contribution in [0.1, 0.15) is 11.1 Å². The number of morpholine rings is 1. The maximum Gasteiger partial charge on any atom is 0.261 e. The number of halogens is 1. The minimum absolute atomic E-state index is 0.0344. The van der Waals surface area contributed by atoms with E-state index in [2.05, 4.69) is 14.9 Å². The molecule has 1 saturated heterocycles. The molecule has 1 aliphatic rings. The Balaban J connectivity index is 1.30. The summed E-state index contributed by atoms with van der Waals surface area (Å²) >= 11 is 0. The molecular weight excluding hydrogens is 635 g/mol. The van der Waals surface area contributed by atoms with Crippen molar-refractivity contribution in [1.82, 2.24) is 15.1 Å². The summed E-state index contributed by atoms with van der Waals surface area (Å²) in [6.45, 7) is 3.84. The zero-order valence-electron chi connectivity index (χ0n) is 26.5. The summed E-state index contributed by atoms with van der Waals surface area (Å²) in [6.07, 6.45) is 0.302. The maximum absolute atomic E-state index is 13.9. The molecule has 0 saturated carbocycles. The van der Waals surface area contributed by atoms with E-state index in [-0.39, 0.29) is 35.4 Å². The molecule has 48 heavy (non-hydrogen) atoms. The van der Waals surface area contributed by atoms with Crippen molar-refractivity contribution >= 4 is 27.5 Å². The molecule has 4 aromatic carbocycles. The van der Waals surface area contributed by atoms with E-state index < -0.39 is 27.8 Å². The third kappa shape index (κ3) is 10.1. The van der Waals surface area contributed by atoms with Gasteiger partial charge in [-0.15, -0.1) is 0 Å². The fourth-order valence-corrected chi connectivity index (χ4v) is 6.35. The second-order valence-corrected chi connectivity index (χ2v) is 13.0. The predicted octanol–water partition coefficient (Wildman–Crippen LogP) is 4.09. The van der Waals surface area contributed by atoms with Gasteiger partial charge in [-0.1, -0.05) is 60.7 Å². The third-order valence-corrected chi connectivity index (χ3v) is 9.29. The number of benzene rings is 4. The normalized spacial score (nSPS) is 14.1. The molecule has 1 fully saturated rings. The van der Waals surface area contributed by atoms with Crippen molar-refractivity contribution < 1.29 is 31.9 Å². The molecule has 1 unspecified atom stereocenters. The van der Waals surface area contributed by atoms with Crippen molar-refractivity contribution in [3.8, 4) is 5.75 Å². The molecule has 2 amide bonds. The summed E-state index contributed by atoms with van der Waals surface area (Å²) in [5.74, 6) is -0.872. The predicted molar refractivity (Wildman–Crippen MR) is 180 cm³/mol. The van der Waals surface area contributed by atoms with Gasteiger partial charge < -0.3 is 19.7 Å². The smallest absolute Gasteiger partial charge is 0.261 e. The molecule has 2 N–H and O–H groups in total. The van der Waals surface area contributed by atoms with E-state index in [1.165, 1.54) is 41.3 Å². The van der Waals surface area contributed by atoms with Gasteiger partial charge in [0.2, 0.25) is 5.91 Å². The Labute approximate surface area is 280 Å². The molecule has 0 aliphatic carbocycles. The fraction of sp³-hybridized carbons (Fsp3) is 0.278. The molecule has 0 radical (unpaired) electrons. The lowest BCUT2D eigenvalue weighted by Crippen LogP contribution is -2.52. The first kappa shape index (κ1) is 34.6. The number of nitrogens with one attached hydrogen (secondary N) is 2. The molecule has 12 heteroatoms. The van der Waals surface area contributed by atoms with E-state index in [1.807, 2.05) is 60.7 Å². The van der Waals surface area contributed by atoms with Crippen LogP contribution < -0.4 is 14.8 Å². The van der Waals surface area contributed by atoms with Crippen LogP contribution in [0.2, 0.25) is 0 Å². The van der Waals surface area contributed by atoms with Gasteiger partial charge in [0, 0.05) is 44.8 Å². The lowest BCUT2D eigenvalue weighted by molar-refractivity contribution is -0.142. The number of hydrogen-bond acceptors (Lipinski definition) is 7. The van der Waals surface area contributed by atoms with E-state index in [1.54, 1.807) is 0 Å². The largest absolute Gasteiger partial charge is 0.484 e. The Bertz CT molecular complexity index is 1720. The average Bonchev–Trinajstić information content (AvgIpc) is 3.11. The standard InChI is InChI=1S/C36H39FN4O6S/c37-30-11-13-31(14-12-30)39-48(44,45)33-17-15-32(16-18-33)47-27-35(42)41(26-29-9-5-2-6-10-29)34(25-28-7-3-1-4-8-28)36(43)38-19-20-40-21-23-46-24-22-40/h1-18,34,39H,19-27H2,(H,38,43). The van der Waals surface area contributed by atoms with Crippen molar-refractivity contribution in [1.29, 1.82) is 0 Å². The molecule has 10 nitrogen and oxygen atoms in total. The first-order valence-electron chi connectivity index (χ1n) is 15.7. The van der Waals surface area contributed by atoms with Crippen molar-refractivity contribution in [2.45, 2.75) is 23.9 Å². The summed E-state index contributed by atoms with van der Waals surface area (Å²) in [4.78, 5) is 31.4. The van der Waals surface area contributed by atoms with Crippen LogP contribution in [0.5, 0.6) is 5.75 Å². The lowest BCUT2D eigenvalue weighted by atomic mass is 10.0. The summed E-state index contributed by atoms with van der Waals surface area (Å²) in [7, 11) is -3.94. The van der Waals surface area contributed by atoms with E-state index in [4.69, 9.17) is 9.47 Å². The van der Waals surface area contributed by atoms with Gasteiger partial charge in [-0.3, -0.25) is 19.2 Å². The molecule has 0 aromatic heterocycles. The highest BCUT2D eigenvalue weighted by atomic mass is 32.2. The Morgan fingerprint density at radius 3 is 2.12 bits per heavy atom. The van der Waals surface area contributed by atoms with Gasteiger partial charge in [0.1, 0.15) is 17.6 Å². The maximum atomic E-state index is 13.9. The number of hydrogen-bond donors (Lipinski definition) is 2. The number of carbonyl (C=O) groups excluding carboxylic acids is 2. The molecule has 0 spiro atoms. The summed E-state index contributed by atoms with van der Waals surface area (Å²) in [6, 6.07) is 28.8. The number of anilines is 1. The zero-order chi connectivity index (χ0) is 33.8. The lowest BCUT2D eigenvalue weighted by Gasteiger charge is -2.32. The molecule has 1 atom stereocenters. The number of amides is 2. The van der Waals surface area contributed by atoms with E-state index in [0.717, 1.165) is 36.3 Å². The molecule has 4 aromatic rings. The second kappa shape index (κ2) is 16.9. The molecule has 0 bridgehead atoms. The van der Waals surface area contributed by atoms with E-state index in [0.29, 0.717) is 32.7 Å². The molecule has 1 aliphatic heterocycles. The number of ether oxygens (including phenoxy) is 2. The molecule has 5 rings (SSSR count). The number of nitrogens with zero attached hydrogens (tertiary/aromatic N) is 2. The Kier molecular flexibility index (Phi) is 12.1. The molecule has 1 heterocycles. The van der Waals surface area contributed by atoms with Gasteiger partial charge in [0.15, 0.2) is 6.61 Å². The van der Waals surface area contributed by atoms with Crippen molar-refractivity contribution in [3.05, 3.63) is 126 Å². The Morgan fingerprint density at radius 1 is 0.854 bits per heavy atom. The van der Waals surface area contributed by atoms with Crippen LogP contribution in [0.15, 0.2) is 114 Å². The second-order valence-electron chi connectivity index (χ2n) is 11.3. The summed E-state index contributed by atoms with van der Waals surface area (Å²) in [5, 5.41) is 3.05. The Hall–Kier alpha value is -4.78. The van der Waals surface area contributed by atoms with Crippen LogP contribution in [-0.2, 0) is 37.3 Å². The van der Waals surface area contributed by atoms with Crippen LogP contribution in [0.4, 0.5) is 10.1 Å². The highest BCUT2D eigenvalue weighted by Crippen LogP contribution is 2.21. The van der Waals surface area contributed by atoms with Gasteiger partial charge in [0.05, 0.1) is 18.1 Å². The van der Waals surface area contributed by atoms with Gasteiger partial charge in [-0.25, -0.2) is 12.8 Å². The highest BCUT2D eigenvalue weighted by Gasteiger charge is 2.31. The zero-order valence-corrected chi connectivity index (χ0v) is 27.3. The number of carbonyl (C=O) groups is 2. The summed E-state index contributed by atoms with van der Waals surface area (Å²) < 4.78 is 52.5. The quantitative estimate of drug-likeness (QED) is 0.195. The van der Waals surface area contributed by atoms with E-state index in [9.17, 15) is 22.4 Å². The van der Waals surface area contributed by atoms with Crippen molar-refractivity contribution in [2.75, 3.05) is 50.7 Å². The van der Waals surface area contributed by atoms with Gasteiger partial charge >= 0.3 is 0 Å².